The predicted molar refractivity (Wildman–Crippen MR) is 79.0 cm³/mol. The van der Waals surface area contributed by atoms with Gasteiger partial charge in [0.05, 0.1) is 17.7 Å². The first-order valence-electron chi connectivity index (χ1n) is 7.32. The minimum atomic E-state index is -0.240. The molecule has 108 valence electrons. The molecule has 0 bridgehead atoms. The summed E-state index contributed by atoms with van der Waals surface area (Å²) in [5.74, 6) is 0.727. The highest BCUT2D eigenvalue weighted by Crippen LogP contribution is 2.38. The first-order valence-corrected chi connectivity index (χ1v) is 7.32. The number of likely N-dealkylation sites (tertiary alicyclic amines) is 1. The van der Waals surface area contributed by atoms with Crippen LogP contribution in [-0.2, 0) is 4.79 Å². The second kappa shape index (κ2) is 5.71. The fourth-order valence-electron chi connectivity index (χ4n) is 3.36. The SMILES string of the molecule is N#Cc1ccc(/C=C/C(=O)N2CC3CCC(O)C3C2)cc1. The maximum atomic E-state index is 12.2. The van der Waals surface area contributed by atoms with Gasteiger partial charge in [-0.15, -0.1) is 0 Å². The molecule has 4 heteroatoms. The van der Waals surface area contributed by atoms with Crippen molar-refractivity contribution in [2.45, 2.75) is 18.9 Å². The Bertz CT molecular complexity index is 600. The Labute approximate surface area is 124 Å². The van der Waals surface area contributed by atoms with E-state index in [0.29, 0.717) is 18.0 Å². The number of aliphatic hydroxyl groups is 1. The van der Waals surface area contributed by atoms with E-state index in [1.54, 1.807) is 24.3 Å². The number of hydrogen-bond donors (Lipinski definition) is 1. The number of rotatable bonds is 2. The minimum absolute atomic E-state index is 0.000889. The third-order valence-corrected chi connectivity index (χ3v) is 4.59. The lowest BCUT2D eigenvalue weighted by Gasteiger charge is -2.16. The van der Waals surface area contributed by atoms with Crippen LogP contribution in [0.2, 0.25) is 0 Å². The highest BCUT2D eigenvalue weighted by Gasteiger charge is 2.42. The number of benzene rings is 1. The molecular formula is C17H18N2O2. The number of nitriles is 1. The van der Waals surface area contributed by atoms with Gasteiger partial charge in [0.2, 0.25) is 5.91 Å². The van der Waals surface area contributed by atoms with Crippen molar-refractivity contribution in [3.05, 3.63) is 41.5 Å². The molecule has 1 aromatic carbocycles. The van der Waals surface area contributed by atoms with Gasteiger partial charge >= 0.3 is 0 Å². The molecule has 2 aliphatic rings. The average molecular weight is 282 g/mol. The minimum Gasteiger partial charge on any atom is -0.393 e. The Morgan fingerprint density at radius 3 is 2.71 bits per heavy atom. The summed E-state index contributed by atoms with van der Waals surface area (Å²) in [6.07, 6.45) is 5.01. The zero-order valence-corrected chi connectivity index (χ0v) is 11.8. The van der Waals surface area contributed by atoms with E-state index in [2.05, 4.69) is 6.07 Å². The number of hydrogen-bond acceptors (Lipinski definition) is 3. The summed E-state index contributed by atoms with van der Waals surface area (Å²) >= 11 is 0. The molecule has 1 N–H and O–H groups in total. The summed E-state index contributed by atoms with van der Waals surface area (Å²) in [5.41, 5.74) is 1.52. The van der Waals surface area contributed by atoms with Gasteiger partial charge < -0.3 is 10.0 Å². The van der Waals surface area contributed by atoms with Crippen LogP contribution in [0.1, 0.15) is 24.0 Å². The Morgan fingerprint density at radius 2 is 2.05 bits per heavy atom. The molecule has 1 aromatic rings. The molecule has 4 nitrogen and oxygen atoms in total. The summed E-state index contributed by atoms with van der Waals surface area (Å²) in [6, 6.07) is 9.19. The van der Waals surface area contributed by atoms with Crippen molar-refractivity contribution >= 4 is 12.0 Å². The van der Waals surface area contributed by atoms with E-state index < -0.39 is 0 Å². The lowest BCUT2D eigenvalue weighted by molar-refractivity contribution is -0.125. The standard InChI is InChI=1S/C17H18N2O2/c18-9-13-3-1-12(2-4-13)5-8-17(21)19-10-14-6-7-16(20)15(14)11-19/h1-5,8,14-16,20H,6-7,10-11H2/b8-5+. The van der Waals surface area contributed by atoms with E-state index in [1.165, 1.54) is 0 Å². The summed E-state index contributed by atoms with van der Waals surface area (Å²) < 4.78 is 0. The molecule has 1 aliphatic heterocycles. The van der Waals surface area contributed by atoms with Gasteiger partial charge in [0, 0.05) is 25.1 Å². The number of amides is 1. The van der Waals surface area contributed by atoms with Crippen LogP contribution in [0, 0.1) is 23.2 Å². The van der Waals surface area contributed by atoms with Crippen molar-refractivity contribution in [3.8, 4) is 6.07 Å². The van der Waals surface area contributed by atoms with Crippen LogP contribution in [0.15, 0.2) is 30.3 Å². The van der Waals surface area contributed by atoms with Gasteiger partial charge in [0.25, 0.3) is 0 Å². The van der Waals surface area contributed by atoms with Gasteiger partial charge in [-0.1, -0.05) is 12.1 Å². The first kappa shape index (κ1) is 13.8. The molecular weight excluding hydrogens is 264 g/mol. The molecule has 1 saturated carbocycles. The second-order valence-electron chi connectivity index (χ2n) is 5.88. The summed E-state index contributed by atoms with van der Waals surface area (Å²) in [7, 11) is 0. The quantitative estimate of drug-likeness (QED) is 0.841. The molecule has 0 spiro atoms. The van der Waals surface area contributed by atoms with Gasteiger partial charge in [-0.25, -0.2) is 0 Å². The molecule has 1 amide bonds. The Kier molecular flexibility index (Phi) is 3.76. The lowest BCUT2D eigenvalue weighted by atomic mass is 10.00. The van der Waals surface area contributed by atoms with Crippen molar-refractivity contribution in [2.24, 2.45) is 11.8 Å². The third kappa shape index (κ3) is 2.84. The fraction of sp³-hybridized carbons (Fsp3) is 0.412. The van der Waals surface area contributed by atoms with Crippen LogP contribution < -0.4 is 0 Å². The topological polar surface area (TPSA) is 64.3 Å². The van der Waals surface area contributed by atoms with Gasteiger partial charge in [-0.3, -0.25) is 4.79 Å². The van der Waals surface area contributed by atoms with E-state index in [-0.39, 0.29) is 17.9 Å². The van der Waals surface area contributed by atoms with Gasteiger partial charge in [0.1, 0.15) is 0 Å². The summed E-state index contributed by atoms with van der Waals surface area (Å²) in [4.78, 5) is 14.0. The molecule has 3 unspecified atom stereocenters. The van der Waals surface area contributed by atoms with Gasteiger partial charge in [-0.2, -0.15) is 5.26 Å². The van der Waals surface area contributed by atoms with Crippen molar-refractivity contribution in [3.63, 3.8) is 0 Å². The molecule has 3 rings (SSSR count). The average Bonchev–Trinajstić information content (AvgIpc) is 3.08. The molecule has 1 heterocycles. The smallest absolute Gasteiger partial charge is 0.246 e. The Balaban J connectivity index is 1.61. The van der Waals surface area contributed by atoms with Crippen molar-refractivity contribution in [1.29, 1.82) is 5.26 Å². The van der Waals surface area contributed by atoms with E-state index in [1.807, 2.05) is 17.0 Å². The molecule has 1 aliphatic carbocycles. The summed E-state index contributed by atoms with van der Waals surface area (Å²) in [5, 5.41) is 18.6. The predicted octanol–water partition coefficient (Wildman–Crippen LogP) is 1.80. The van der Waals surface area contributed by atoms with Crippen molar-refractivity contribution in [2.75, 3.05) is 13.1 Å². The van der Waals surface area contributed by atoms with Crippen LogP contribution >= 0.6 is 0 Å². The fourth-order valence-corrected chi connectivity index (χ4v) is 3.36. The van der Waals surface area contributed by atoms with Crippen LogP contribution in [0.3, 0.4) is 0 Å². The highest BCUT2D eigenvalue weighted by molar-refractivity contribution is 5.92. The zero-order chi connectivity index (χ0) is 14.8. The van der Waals surface area contributed by atoms with E-state index in [4.69, 9.17) is 5.26 Å². The van der Waals surface area contributed by atoms with Gasteiger partial charge in [0.15, 0.2) is 0 Å². The maximum Gasteiger partial charge on any atom is 0.246 e. The molecule has 21 heavy (non-hydrogen) atoms. The number of fused-ring (bicyclic) bond motifs is 1. The largest absolute Gasteiger partial charge is 0.393 e. The number of aliphatic hydroxyl groups excluding tert-OH is 1. The van der Waals surface area contributed by atoms with E-state index in [9.17, 15) is 9.90 Å². The van der Waals surface area contributed by atoms with Gasteiger partial charge in [-0.05, 0) is 42.5 Å². The van der Waals surface area contributed by atoms with Crippen LogP contribution in [0.5, 0.6) is 0 Å². The summed E-state index contributed by atoms with van der Waals surface area (Å²) in [6.45, 7) is 1.43. The Hall–Kier alpha value is -2.12. The maximum absolute atomic E-state index is 12.2. The monoisotopic (exact) mass is 282 g/mol. The van der Waals surface area contributed by atoms with E-state index >= 15 is 0 Å². The van der Waals surface area contributed by atoms with Crippen LogP contribution in [-0.4, -0.2) is 35.1 Å². The van der Waals surface area contributed by atoms with Crippen LogP contribution in [0.4, 0.5) is 0 Å². The lowest BCUT2D eigenvalue weighted by Crippen LogP contribution is -2.29. The molecule has 0 radical (unpaired) electrons. The highest BCUT2D eigenvalue weighted by atomic mass is 16.3. The first-order chi connectivity index (χ1) is 10.2. The molecule has 2 fully saturated rings. The zero-order valence-electron chi connectivity index (χ0n) is 11.8. The molecule has 0 aromatic heterocycles. The van der Waals surface area contributed by atoms with Crippen molar-refractivity contribution < 1.29 is 9.90 Å². The molecule has 1 saturated heterocycles. The van der Waals surface area contributed by atoms with E-state index in [0.717, 1.165) is 24.9 Å². The van der Waals surface area contributed by atoms with Crippen molar-refractivity contribution in [1.82, 2.24) is 4.90 Å². The molecule has 3 atom stereocenters. The van der Waals surface area contributed by atoms with Crippen LogP contribution in [0.25, 0.3) is 6.08 Å². The number of carbonyl (C=O) groups is 1. The Morgan fingerprint density at radius 1 is 1.29 bits per heavy atom. The third-order valence-electron chi connectivity index (χ3n) is 4.59. The number of carbonyl (C=O) groups excluding carboxylic acids is 1. The number of nitrogens with zero attached hydrogens (tertiary/aromatic N) is 2. The normalized spacial score (nSPS) is 27.8. The second-order valence-corrected chi connectivity index (χ2v) is 5.88.